The van der Waals surface area contributed by atoms with Gasteiger partial charge in [0.05, 0.1) is 18.2 Å². The molecule has 1 fully saturated rings. The second-order valence-electron chi connectivity index (χ2n) is 6.54. The largest absolute Gasteiger partial charge is 0.394 e. The number of thiazole rings is 1. The van der Waals surface area contributed by atoms with Crippen LogP contribution in [-0.2, 0) is 0 Å². The molecule has 0 bridgehead atoms. The molecule has 2 amide bonds. The van der Waals surface area contributed by atoms with Crippen LogP contribution in [0.3, 0.4) is 0 Å². The summed E-state index contributed by atoms with van der Waals surface area (Å²) in [6, 6.07) is -0.365. The van der Waals surface area contributed by atoms with Gasteiger partial charge in [-0.05, 0) is 39.5 Å². The van der Waals surface area contributed by atoms with Crippen LogP contribution < -0.4 is 10.6 Å². The Morgan fingerprint density at radius 1 is 1.50 bits per heavy atom. The second-order valence-corrected chi connectivity index (χ2v) is 7.81. The van der Waals surface area contributed by atoms with Crippen molar-refractivity contribution in [3.8, 4) is 0 Å². The standard InChI is InChI=1S/C16H27N3O2S/c1-11-9-17-14(22-11)12(2)18-15(21)19-16(3,10-20)13-7-5-4-6-8-13/h9,12-13,20H,4-8,10H2,1-3H3,(H2,18,19,21)/t12-,16+/m1/s1. The Balaban J connectivity index is 1.93. The number of nitrogens with zero attached hydrogens (tertiary/aromatic N) is 1. The SMILES string of the molecule is Cc1cnc([C@@H](C)NC(=O)N[C@@](C)(CO)C2CCCCC2)s1. The van der Waals surface area contributed by atoms with Gasteiger partial charge in [-0.1, -0.05) is 19.3 Å². The van der Waals surface area contributed by atoms with Crippen LogP contribution >= 0.6 is 11.3 Å². The number of carbonyl (C=O) groups is 1. The molecule has 5 nitrogen and oxygen atoms in total. The normalized spacial score (nSPS) is 20.2. The van der Waals surface area contributed by atoms with Gasteiger partial charge >= 0.3 is 6.03 Å². The van der Waals surface area contributed by atoms with Crippen molar-refractivity contribution in [3.05, 3.63) is 16.1 Å². The van der Waals surface area contributed by atoms with Gasteiger partial charge in [-0.3, -0.25) is 0 Å². The van der Waals surface area contributed by atoms with Crippen LogP contribution in [0.4, 0.5) is 4.79 Å². The van der Waals surface area contributed by atoms with Crippen molar-refractivity contribution in [3.63, 3.8) is 0 Å². The van der Waals surface area contributed by atoms with Gasteiger partial charge in [0, 0.05) is 11.1 Å². The molecule has 0 saturated heterocycles. The Morgan fingerprint density at radius 2 is 2.18 bits per heavy atom. The molecular formula is C16H27N3O2S. The van der Waals surface area contributed by atoms with E-state index < -0.39 is 5.54 Å². The molecule has 1 aliphatic carbocycles. The van der Waals surface area contributed by atoms with Crippen LogP contribution in [0.15, 0.2) is 6.20 Å². The lowest BCUT2D eigenvalue weighted by Gasteiger charge is -2.39. The van der Waals surface area contributed by atoms with Gasteiger partial charge < -0.3 is 15.7 Å². The van der Waals surface area contributed by atoms with Crippen LogP contribution in [-0.4, -0.2) is 28.3 Å². The predicted octanol–water partition coefficient (Wildman–Crippen LogP) is 3.14. The molecule has 0 unspecified atom stereocenters. The van der Waals surface area contributed by atoms with Gasteiger partial charge in [-0.25, -0.2) is 9.78 Å². The van der Waals surface area contributed by atoms with Crippen molar-refractivity contribution in [2.75, 3.05) is 6.61 Å². The molecule has 0 aliphatic heterocycles. The van der Waals surface area contributed by atoms with Crippen molar-refractivity contribution in [1.29, 1.82) is 0 Å². The number of hydrogen-bond acceptors (Lipinski definition) is 4. The molecule has 22 heavy (non-hydrogen) atoms. The third-order valence-electron chi connectivity index (χ3n) is 4.59. The smallest absolute Gasteiger partial charge is 0.315 e. The third kappa shape index (κ3) is 4.20. The molecule has 124 valence electrons. The molecular weight excluding hydrogens is 298 g/mol. The predicted molar refractivity (Wildman–Crippen MR) is 89.0 cm³/mol. The quantitative estimate of drug-likeness (QED) is 0.778. The number of amides is 2. The Bertz CT molecular complexity index is 499. The summed E-state index contributed by atoms with van der Waals surface area (Å²) in [6.45, 7) is 5.84. The van der Waals surface area contributed by atoms with Gasteiger partial charge in [-0.2, -0.15) is 0 Å². The minimum atomic E-state index is -0.553. The fraction of sp³-hybridized carbons (Fsp3) is 0.750. The fourth-order valence-corrected chi connectivity index (χ4v) is 3.91. The summed E-state index contributed by atoms with van der Waals surface area (Å²) in [7, 11) is 0. The maximum atomic E-state index is 12.3. The lowest BCUT2D eigenvalue weighted by molar-refractivity contribution is 0.101. The Morgan fingerprint density at radius 3 is 2.73 bits per heavy atom. The maximum absolute atomic E-state index is 12.3. The van der Waals surface area contributed by atoms with Gasteiger partial charge in [-0.15, -0.1) is 11.3 Å². The minimum absolute atomic E-state index is 0.0319. The highest BCUT2D eigenvalue weighted by Crippen LogP contribution is 2.32. The number of urea groups is 1. The van der Waals surface area contributed by atoms with Crippen molar-refractivity contribution in [2.24, 2.45) is 5.92 Å². The number of rotatable bonds is 5. The number of carbonyl (C=O) groups excluding carboxylic acids is 1. The Hall–Kier alpha value is -1.14. The summed E-state index contributed by atoms with van der Waals surface area (Å²) in [5.74, 6) is 0.342. The summed E-state index contributed by atoms with van der Waals surface area (Å²) in [6.07, 6.45) is 7.56. The van der Waals surface area contributed by atoms with E-state index in [9.17, 15) is 9.90 Å². The van der Waals surface area contributed by atoms with E-state index in [2.05, 4.69) is 15.6 Å². The molecule has 3 N–H and O–H groups in total. The fourth-order valence-electron chi connectivity index (χ4n) is 3.14. The van der Waals surface area contributed by atoms with E-state index in [1.807, 2.05) is 27.0 Å². The number of aliphatic hydroxyl groups is 1. The maximum Gasteiger partial charge on any atom is 0.315 e. The first-order valence-electron chi connectivity index (χ1n) is 8.06. The highest BCUT2D eigenvalue weighted by Gasteiger charge is 2.36. The van der Waals surface area contributed by atoms with Gasteiger partial charge in [0.15, 0.2) is 0 Å². The molecule has 1 aromatic rings. The number of aryl methyl sites for hydroxylation is 1. The number of aliphatic hydroxyl groups excluding tert-OH is 1. The molecule has 2 rings (SSSR count). The highest BCUT2D eigenvalue weighted by atomic mass is 32.1. The van der Waals surface area contributed by atoms with E-state index in [-0.39, 0.29) is 18.7 Å². The molecule has 1 heterocycles. The van der Waals surface area contributed by atoms with E-state index in [4.69, 9.17) is 0 Å². The van der Waals surface area contributed by atoms with E-state index >= 15 is 0 Å². The third-order valence-corrected chi connectivity index (χ3v) is 5.69. The average Bonchev–Trinajstić information content (AvgIpc) is 2.94. The van der Waals surface area contributed by atoms with Gasteiger partial charge in [0.1, 0.15) is 5.01 Å². The van der Waals surface area contributed by atoms with Crippen LogP contribution in [0.1, 0.15) is 61.9 Å². The van der Waals surface area contributed by atoms with Crippen molar-refractivity contribution in [1.82, 2.24) is 15.6 Å². The van der Waals surface area contributed by atoms with E-state index in [1.165, 1.54) is 19.3 Å². The van der Waals surface area contributed by atoms with Crippen molar-refractivity contribution < 1.29 is 9.90 Å². The molecule has 6 heteroatoms. The first kappa shape index (κ1) is 17.2. The van der Waals surface area contributed by atoms with Crippen molar-refractivity contribution >= 4 is 17.4 Å². The number of aromatic nitrogens is 1. The summed E-state index contributed by atoms with van der Waals surface area (Å²) in [4.78, 5) is 17.7. The van der Waals surface area contributed by atoms with Crippen LogP contribution in [0, 0.1) is 12.8 Å². The monoisotopic (exact) mass is 325 g/mol. The average molecular weight is 325 g/mol. The lowest BCUT2D eigenvalue weighted by Crippen LogP contribution is -2.57. The first-order chi connectivity index (χ1) is 10.4. The number of hydrogen-bond donors (Lipinski definition) is 3. The summed E-state index contributed by atoms with van der Waals surface area (Å²) < 4.78 is 0. The Labute approximate surface area is 136 Å². The number of nitrogens with one attached hydrogen (secondary N) is 2. The molecule has 1 aromatic heterocycles. The lowest BCUT2D eigenvalue weighted by atomic mass is 9.76. The van der Waals surface area contributed by atoms with Crippen LogP contribution in [0.2, 0.25) is 0 Å². The summed E-state index contributed by atoms with van der Waals surface area (Å²) >= 11 is 1.59. The topological polar surface area (TPSA) is 74.2 Å². The van der Waals surface area contributed by atoms with Crippen molar-refractivity contribution in [2.45, 2.75) is 64.5 Å². The van der Waals surface area contributed by atoms with Gasteiger partial charge in [0.25, 0.3) is 0 Å². The summed E-state index contributed by atoms with van der Waals surface area (Å²) in [5.41, 5.74) is -0.553. The van der Waals surface area contributed by atoms with Crippen LogP contribution in [0.5, 0.6) is 0 Å². The molecule has 0 radical (unpaired) electrons. The zero-order valence-corrected chi connectivity index (χ0v) is 14.5. The van der Waals surface area contributed by atoms with E-state index in [0.29, 0.717) is 5.92 Å². The Kier molecular flexibility index (Phi) is 5.81. The molecule has 1 aliphatic rings. The minimum Gasteiger partial charge on any atom is -0.394 e. The first-order valence-corrected chi connectivity index (χ1v) is 8.88. The zero-order chi connectivity index (χ0) is 16.2. The van der Waals surface area contributed by atoms with E-state index in [0.717, 1.165) is 22.7 Å². The molecule has 2 atom stereocenters. The second kappa shape index (κ2) is 7.42. The highest BCUT2D eigenvalue weighted by molar-refractivity contribution is 7.11. The summed E-state index contributed by atoms with van der Waals surface area (Å²) in [5, 5.41) is 16.6. The molecule has 0 spiro atoms. The van der Waals surface area contributed by atoms with E-state index in [1.54, 1.807) is 11.3 Å². The zero-order valence-electron chi connectivity index (χ0n) is 13.7. The molecule has 1 saturated carbocycles. The molecule has 0 aromatic carbocycles. The van der Waals surface area contributed by atoms with Crippen LogP contribution in [0.25, 0.3) is 0 Å². The van der Waals surface area contributed by atoms with Gasteiger partial charge in [0.2, 0.25) is 0 Å².